The minimum atomic E-state index is -0.552. The van der Waals surface area contributed by atoms with E-state index in [1.54, 1.807) is 27.7 Å². The van der Waals surface area contributed by atoms with Crippen molar-refractivity contribution in [2.75, 3.05) is 6.61 Å². The molecule has 0 aromatic carbocycles. The lowest BCUT2D eigenvalue weighted by molar-refractivity contribution is -0.164. The van der Waals surface area contributed by atoms with Crippen molar-refractivity contribution >= 4 is 11.9 Å². The van der Waals surface area contributed by atoms with Crippen LogP contribution in [0.4, 0.5) is 0 Å². The highest BCUT2D eigenvalue weighted by atomic mass is 16.6. The van der Waals surface area contributed by atoms with E-state index in [9.17, 15) is 9.59 Å². The molecular weight excluding hydrogens is 184 g/mol. The van der Waals surface area contributed by atoms with E-state index in [0.29, 0.717) is 0 Å². The molecule has 0 aliphatic carbocycles. The third kappa shape index (κ3) is 7.34. The van der Waals surface area contributed by atoms with Crippen molar-refractivity contribution in [3.63, 3.8) is 0 Å². The van der Waals surface area contributed by atoms with E-state index < -0.39 is 17.5 Å². The van der Waals surface area contributed by atoms with Crippen LogP contribution < -0.4 is 0 Å². The van der Waals surface area contributed by atoms with Crippen LogP contribution in [0.2, 0.25) is 0 Å². The smallest absolute Gasteiger partial charge is 0.344 e. The van der Waals surface area contributed by atoms with Crippen LogP contribution in [-0.2, 0) is 19.1 Å². The van der Waals surface area contributed by atoms with Gasteiger partial charge >= 0.3 is 11.9 Å². The molecule has 0 N–H and O–H groups in total. The Labute approximate surface area is 83.9 Å². The van der Waals surface area contributed by atoms with E-state index in [0.717, 1.165) is 0 Å². The van der Waals surface area contributed by atoms with Gasteiger partial charge in [0.05, 0.1) is 0 Å². The first-order valence-electron chi connectivity index (χ1n) is 4.36. The van der Waals surface area contributed by atoms with E-state index in [4.69, 9.17) is 4.74 Å². The van der Waals surface area contributed by atoms with Gasteiger partial charge in [0.1, 0.15) is 5.60 Å². The molecule has 4 heteroatoms. The lowest BCUT2D eigenvalue weighted by Crippen LogP contribution is -2.27. The summed E-state index contributed by atoms with van der Waals surface area (Å²) in [5, 5.41) is 0. The summed E-state index contributed by atoms with van der Waals surface area (Å²) in [5.74, 6) is -1.09. The van der Waals surface area contributed by atoms with Crippen LogP contribution in [0.15, 0.2) is 12.2 Å². The van der Waals surface area contributed by atoms with Gasteiger partial charge in [-0.25, -0.2) is 9.59 Å². The first-order chi connectivity index (χ1) is 6.35. The Kier molecular flexibility index (Phi) is 4.91. The van der Waals surface area contributed by atoms with Gasteiger partial charge in [0, 0.05) is 6.08 Å². The number of hydrogen-bond donors (Lipinski definition) is 0. The van der Waals surface area contributed by atoms with Crippen molar-refractivity contribution in [3.05, 3.63) is 12.2 Å². The zero-order chi connectivity index (χ0) is 11.2. The second-order valence-corrected chi connectivity index (χ2v) is 3.69. The Morgan fingerprint density at radius 2 is 1.86 bits per heavy atom. The fourth-order valence-corrected chi connectivity index (χ4v) is 0.685. The molecule has 14 heavy (non-hydrogen) atoms. The zero-order valence-electron chi connectivity index (χ0n) is 8.99. The Morgan fingerprint density at radius 1 is 1.29 bits per heavy atom. The summed E-state index contributed by atoms with van der Waals surface area (Å²) < 4.78 is 9.52. The first-order valence-corrected chi connectivity index (χ1v) is 4.36. The van der Waals surface area contributed by atoms with Gasteiger partial charge in [-0.1, -0.05) is 6.08 Å². The molecule has 0 saturated carbocycles. The van der Waals surface area contributed by atoms with Gasteiger partial charge in [-0.2, -0.15) is 0 Å². The highest BCUT2D eigenvalue weighted by molar-refractivity contribution is 5.84. The topological polar surface area (TPSA) is 52.6 Å². The molecule has 0 fully saturated rings. The predicted molar refractivity (Wildman–Crippen MR) is 51.6 cm³/mol. The first kappa shape index (κ1) is 12.7. The minimum absolute atomic E-state index is 0.347. The summed E-state index contributed by atoms with van der Waals surface area (Å²) >= 11 is 0. The number of esters is 2. The number of carbonyl (C=O) groups is 2. The number of carbonyl (C=O) groups excluding carboxylic acids is 2. The largest absolute Gasteiger partial charge is 0.457 e. The Balaban J connectivity index is 3.81. The molecule has 4 nitrogen and oxygen atoms in total. The fraction of sp³-hybridized carbons (Fsp3) is 0.600. The molecule has 0 unspecified atom stereocenters. The zero-order valence-corrected chi connectivity index (χ0v) is 8.99. The second kappa shape index (κ2) is 5.42. The van der Waals surface area contributed by atoms with Crippen molar-refractivity contribution in [3.8, 4) is 0 Å². The van der Waals surface area contributed by atoms with Crippen molar-refractivity contribution in [1.82, 2.24) is 0 Å². The third-order valence-corrected chi connectivity index (χ3v) is 1.06. The van der Waals surface area contributed by atoms with Gasteiger partial charge in [0.25, 0.3) is 0 Å². The van der Waals surface area contributed by atoms with Gasteiger partial charge in [0.2, 0.25) is 0 Å². The molecule has 0 saturated heterocycles. The number of rotatable bonds is 3. The van der Waals surface area contributed by atoms with E-state index in [2.05, 4.69) is 4.74 Å². The normalized spacial score (nSPS) is 11.4. The van der Waals surface area contributed by atoms with Crippen LogP contribution in [0, 0.1) is 0 Å². The molecule has 0 aromatic heterocycles. The highest BCUT2D eigenvalue weighted by Gasteiger charge is 2.16. The molecule has 0 amide bonds. The molecular formula is C10H16O4. The van der Waals surface area contributed by atoms with Crippen LogP contribution in [0.3, 0.4) is 0 Å². The minimum Gasteiger partial charge on any atom is -0.457 e. The summed E-state index contributed by atoms with van der Waals surface area (Å²) in [6.45, 7) is 6.59. The quantitative estimate of drug-likeness (QED) is 0.511. The lowest BCUT2D eigenvalue weighted by Gasteiger charge is -2.18. The molecule has 0 spiro atoms. The van der Waals surface area contributed by atoms with E-state index in [1.165, 1.54) is 12.2 Å². The van der Waals surface area contributed by atoms with Crippen LogP contribution in [-0.4, -0.2) is 24.1 Å². The predicted octanol–water partition coefficient (Wildman–Crippen LogP) is 1.45. The van der Waals surface area contributed by atoms with E-state index in [1.807, 2.05) is 0 Å². The Bertz CT molecular complexity index is 235. The maximum absolute atomic E-state index is 11.0. The second-order valence-electron chi connectivity index (χ2n) is 3.69. The third-order valence-electron chi connectivity index (χ3n) is 1.06. The standard InChI is InChI=1S/C10H16O4/c1-5-6-8(11)13-7-9(12)14-10(2,3)4/h5-6H,7H2,1-4H3/b6-5+. The monoisotopic (exact) mass is 200 g/mol. The van der Waals surface area contributed by atoms with Gasteiger partial charge < -0.3 is 9.47 Å². The molecule has 0 aliphatic rings. The van der Waals surface area contributed by atoms with Crippen molar-refractivity contribution in [1.29, 1.82) is 0 Å². The summed E-state index contributed by atoms with van der Waals surface area (Å²) in [6.07, 6.45) is 2.78. The SMILES string of the molecule is C/C=C/C(=O)OCC(=O)OC(C)(C)C. The Morgan fingerprint density at radius 3 is 2.29 bits per heavy atom. The summed E-state index contributed by atoms with van der Waals surface area (Å²) in [5.41, 5.74) is -0.552. The van der Waals surface area contributed by atoms with E-state index >= 15 is 0 Å². The molecule has 0 atom stereocenters. The van der Waals surface area contributed by atoms with Crippen LogP contribution in [0.1, 0.15) is 27.7 Å². The molecule has 0 rings (SSSR count). The van der Waals surface area contributed by atoms with Crippen LogP contribution in [0.5, 0.6) is 0 Å². The number of allylic oxidation sites excluding steroid dienone is 1. The molecule has 0 aliphatic heterocycles. The summed E-state index contributed by atoms with van der Waals surface area (Å²) in [6, 6.07) is 0. The van der Waals surface area contributed by atoms with E-state index in [-0.39, 0.29) is 6.61 Å². The average Bonchev–Trinajstić information content (AvgIpc) is 1.98. The molecule has 0 heterocycles. The average molecular weight is 200 g/mol. The molecule has 0 radical (unpaired) electrons. The van der Waals surface area contributed by atoms with Gasteiger partial charge in [-0.3, -0.25) is 0 Å². The highest BCUT2D eigenvalue weighted by Crippen LogP contribution is 2.06. The Hall–Kier alpha value is -1.32. The number of ether oxygens (including phenoxy) is 2. The summed E-state index contributed by atoms with van der Waals surface area (Å²) in [7, 11) is 0. The molecule has 80 valence electrons. The van der Waals surface area contributed by atoms with Crippen LogP contribution >= 0.6 is 0 Å². The molecule has 0 aromatic rings. The number of hydrogen-bond acceptors (Lipinski definition) is 4. The van der Waals surface area contributed by atoms with Crippen molar-refractivity contribution in [2.24, 2.45) is 0 Å². The summed E-state index contributed by atoms with van der Waals surface area (Å²) in [4.78, 5) is 21.8. The maximum Gasteiger partial charge on any atom is 0.344 e. The van der Waals surface area contributed by atoms with Crippen molar-refractivity contribution in [2.45, 2.75) is 33.3 Å². The maximum atomic E-state index is 11.0. The van der Waals surface area contributed by atoms with Gasteiger partial charge in [0.15, 0.2) is 6.61 Å². The van der Waals surface area contributed by atoms with Crippen molar-refractivity contribution < 1.29 is 19.1 Å². The fourth-order valence-electron chi connectivity index (χ4n) is 0.685. The molecule has 0 bridgehead atoms. The van der Waals surface area contributed by atoms with Crippen LogP contribution in [0.25, 0.3) is 0 Å². The lowest BCUT2D eigenvalue weighted by atomic mass is 10.2. The van der Waals surface area contributed by atoms with Gasteiger partial charge in [-0.05, 0) is 27.7 Å². The van der Waals surface area contributed by atoms with Gasteiger partial charge in [-0.15, -0.1) is 0 Å².